The zero-order valence-electron chi connectivity index (χ0n) is 11.1. The molecule has 1 N–H and O–H groups in total. The Labute approximate surface area is 128 Å². The smallest absolute Gasteiger partial charge is 0.145 e. The van der Waals surface area contributed by atoms with Crippen LogP contribution >= 0.6 is 23.2 Å². The van der Waals surface area contributed by atoms with Gasteiger partial charge in [0, 0.05) is 24.9 Å². The quantitative estimate of drug-likeness (QED) is 0.848. The fraction of sp³-hybridized carbons (Fsp3) is 0.267. The van der Waals surface area contributed by atoms with E-state index in [0.29, 0.717) is 17.4 Å². The largest absolute Gasteiger partial charge is 0.385 e. The molecule has 0 spiro atoms. The first-order chi connectivity index (χ1) is 9.70. The number of hydrogen-bond donors (Lipinski definition) is 1. The number of anilines is 1. The van der Waals surface area contributed by atoms with E-state index in [4.69, 9.17) is 27.9 Å². The second-order valence-electron chi connectivity index (χ2n) is 4.36. The molecule has 0 aliphatic rings. The number of nitrogens with zero attached hydrogens (tertiary/aromatic N) is 1. The highest BCUT2D eigenvalue weighted by atomic mass is 35.5. The predicted molar refractivity (Wildman–Crippen MR) is 83.6 cm³/mol. The number of pyridine rings is 1. The highest BCUT2D eigenvalue weighted by molar-refractivity contribution is 6.32. The monoisotopic (exact) mass is 310 g/mol. The molecule has 20 heavy (non-hydrogen) atoms. The highest BCUT2D eigenvalue weighted by Gasteiger charge is 2.13. The first-order valence-electron chi connectivity index (χ1n) is 6.32. The van der Waals surface area contributed by atoms with E-state index in [1.54, 1.807) is 19.4 Å². The van der Waals surface area contributed by atoms with E-state index >= 15 is 0 Å². The van der Waals surface area contributed by atoms with Crippen molar-refractivity contribution in [3.63, 3.8) is 0 Å². The molecule has 1 atom stereocenters. The summed E-state index contributed by atoms with van der Waals surface area (Å²) in [6, 6.07) is 11.4. The molecule has 1 heterocycles. The number of halogens is 2. The van der Waals surface area contributed by atoms with E-state index in [9.17, 15) is 0 Å². The highest BCUT2D eigenvalue weighted by Crippen LogP contribution is 2.26. The number of benzene rings is 1. The molecular formula is C15H16Cl2N2O. The molecule has 0 saturated heterocycles. The molecule has 0 saturated carbocycles. The molecule has 1 aromatic carbocycles. The minimum atomic E-state index is 0.0691. The Morgan fingerprint density at radius 2 is 1.95 bits per heavy atom. The summed E-state index contributed by atoms with van der Waals surface area (Å²) in [5.41, 5.74) is 1.12. The molecule has 0 aliphatic carbocycles. The second kappa shape index (κ2) is 7.48. The van der Waals surface area contributed by atoms with E-state index in [-0.39, 0.29) is 6.04 Å². The van der Waals surface area contributed by atoms with Crippen molar-refractivity contribution in [3.05, 3.63) is 58.2 Å². The summed E-state index contributed by atoms with van der Waals surface area (Å²) in [5, 5.41) is 4.67. The zero-order valence-corrected chi connectivity index (χ0v) is 12.7. The lowest BCUT2D eigenvalue weighted by molar-refractivity contribution is 0.190. The second-order valence-corrected chi connectivity index (χ2v) is 5.21. The number of nitrogens with one attached hydrogen (secondary N) is 1. The summed E-state index contributed by atoms with van der Waals surface area (Å²) in [7, 11) is 1.69. The first-order valence-corrected chi connectivity index (χ1v) is 7.07. The fourth-order valence-corrected chi connectivity index (χ4v) is 2.21. The molecule has 106 valence electrons. The molecule has 3 nitrogen and oxygen atoms in total. The van der Waals surface area contributed by atoms with Crippen LogP contribution in [-0.2, 0) is 4.74 Å². The Hall–Kier alpha value is -1.29. The van der Waals surface area contributed by atoms with Gasteiger partial charge in [-0.2, -0.15) is 0 Å². The van der Waals surface area contributed by atoms with Crippen LogP contribution in [0.3, 0.4) is 0 Å². The van der Waals surface area contributed by atoms with E-state index in [1.165, 1.54) is 0 Å². The Morgan fingerprint density at radius 3 is 2.60 bits per heavy atom. The topological polar surface area (TPSA) is 34.1 Å². The third-order valence-corrected chi connectivity index (χ3v) is 3.51. The van der Waals surface area contributed by atoms with Crippen LogP contribution in [0.15, 0.2) is 42.6 Å². The lowest BCUT2D eigenvalue weighted by Crippen LogP contribution is -2.14. The Bertz CT molecular complexity index is 546. The fourth-order valence-electron chi connectivity index (χ4n) is 1.91. The van der Waals surface area contributed by atoms with Crippen molar-refractivity contribution in [2.24, 2.45) is 0 Å². The normalized spacial score (nSPS) is 12.2. The van der Waals surface area contributed by atoms with Gasteiger partial charge in [0.05, 0.1) is 11.1 Å². The van der Waals surface area contributed by atoms with Crippen LogP contribution in [0.1, 0.15) is 18.0 Å². The van der Waals surface area contributed by atoms with Gasteiger partial charge in [0.25, 0.3) is 0 Å². The molecule has 0 fully saturated rings. The molecule has 1 aromatic heterocycles. The summed E-state index contributed by atoms with van der Waals surface area (Å²) in [4.78, 5) is 4.26. The molecule has 0 bridgehead atoms. The molecule has 5 heteroatoms. The van der Waals surface area contributed by atoms with Crippen LogP contribution in [0.4, 0.5) is 5.82 Å². The number of methoxy groups -OCH3 is 1. The summed E-state index contributed by atoms with van der Waals surface area (Å²) >= 11 is 12.1. The summed E-state index contributed by atoms with van der Waals surface area (Å²) in [6.45, 7) is 0.644. The Balaban J connectivity index is 2.19. The third kappa shape index (κ3) is 4.10. The predicted octanol–water partition coefficient (Wildman–Crippen LogP) is 4.58. The van der Waals surface area contributed by atoms with Crippen molar-refractivity contribution in [3.8, 4) is 0 Å². The summed E-state index contributed by atoms with van der Waals surface area (Å²) in [5.74, 6) is 0.671. The third-order valence-electron chi connectivity index (χ3n) is 2.95. The van der Waals surface area contributed by atoms with Crippen molar-refractivity contribution in [2.75, 3.05) is 19.0 Å². The van der Waals surface area contributed by atoms with Crippen molar-refractivity contribution < 1.29 is 4.74 Å². The summed E-state index contributed by atoms with van der Waals surface area (Å²) < 4.78 is 5.17. The van der Waals surface area contributed by atoms with Crippen LogP contribution in [0.2, 0.25) is 10.0 Å². The van der Waals surface area contributed by atoms with E-state index in [0.717, 1.165) is 17.0 Å². The Morgan fingerprint density at radius 1 is 1.20 bits per heavy atom. The minimum absolute atomic E-state index is 0.0691. The molecule has 0 aliphatic heterocycles. The van der Waals surface area contributed by atoms with Crippen LogP contribution in [-0.4, -0.2) is 18.7 Å². The van der Waals surface area contributed by atoms with Gasteiger partial charge in [-0.25, -0.2) is 4.98 Å². The average molecular weight is 311 g/mol. The SMILES string of the molecule is COCCC(Nc1ncccc1Cl)c1ccc(Cl)cc1. The van der Waals surface area contributed by atoms with Crippen LogP contribution in [0.25, 0.3) is 0 Å². The van der Waals surface area contributed by atoms with E-state index < -0.39 is 0 Å². The van der Waals surface area contributed by atoms with Crippen molar-refractivity contribution in [1.82, 2.24) is 4.98 Å². The number of ether oxygens (including phenoxy) is 1. The maximum atomic E-state index is 6.14. The van der Waals surface area contributed by atoms with Crippen molar-refractivity contribution in [1.29, 1.82) is 0 Å². The molecule has 2 aromatic rings. The van der Waals surface area contributed by atoms with Crippen LogP contribution in [0, 0.1) is 0 Å². The number of rotatable bonds is 6. The van der Waals surface area contributed by atoms with Gasteiger partial charge in [-0.1, -0.05) is 35.3 Å². The van der Waals surface area contributed by atoms with Gasteiger partial charge in [0.2, 0.25) is 0 Å². The summed E-state index contributed by atoms with van der Waals surface area (Å²) in [6.07, 6.45) is 2.52. The molecule has 0 amide bonds. The van der Waals surface area contributed by atoms with Crippen molar-refractivity contribution in [2.45, 2.75) is 12.5 Å². The number of hydrogen-bond acceptors (Lipinski definition) is 3. The molecular weight excluding hydrogens is 295 g/mol. The lowest BCUT2D eigenvalue weighted by atomic mass is 10.0. The minimum Gasteiger partial charge on any atom is -0.385 e. The first kappa shape index (κ1) is 15.1. The maximum Gasteiger partial charge on any atom is 0.145 e. The van der Waals surface area contributed by atoms with Gasteiger partial charge in [-0.3, -0.25) is 0 Å². The number of aromatic nitrogens is 1. The standard InChI is InChI=1S/C15H16Cl2N2O/c1-20-10-8-14(11-4-6-12(16)7-5-11)19-15-13(17)3-2-9-18-15/h2-7,9,14H,8,10H2,1H3,(H,18,19). The van der Waals surface area contributed by atoms with Crippen LogP contribution < -0.4 is 5.32 Å². The van der Waals surface area contributed by atoms with Gasteiger partial charge in [-0.15, -0.1) is 0 Å². The van der Waals surface area contributed by atoms with Crippen LogP contribution in [0.5, 0.6) is 0 Å². The van der Waals surface area contributed by atoms with Crippen molar-refractivity contribution >= 4 is 29.0 Å². The lowest BCUT2D eigenvalue weighted by Gasteiger charge is -2.20. The van der Waals surface area contributed by atoms with Gasteiger partial charge < -0.3 is 10.1 Å². The van der Waals surface area contributed by atoms with Gasteiger partial charge in [0.15, 0.2) is 0 Å². The Kier molecular flexibility index (Phi) is 5.65. The van der Waals surface area contributed by atoms with Gasteiger partial charge in [0.1, 0.15) is 5.82 Å². The van der Waals surface area contributed by atoms with Gasteiger partial charge >= 0.3 is 0 Å². The maximum absolute atomic E-state index is 6.14. The van der Waals surface area contributed by atoms with E-state index in [2.05, 4.69) is 10.3 Å². The van der Waals surface area contributed by atoms with Gasteiger partial charge in [-0.05, 0) is 36.2 Å². The molecule has 0 radical (unpaired) electrons. The molecule has 2 rings (SSSR count). The molecule has 1 unspecified atom stereocenters. The van der Waals surface area contributed by atoms with E-state index in [1.807, 2.05) is 30.3 Å². The zero-order chi connectivity index (χ0) is 14.4. The average Bonchev–Trinajstić information content (AvgIpc) is 2.46.